The standard InChI is InChI=1S/C34H8F2N8/c1-41-21-7-17(13-37)5-19(9-21)27(15-39)29-24-12-26-25(11-23(24)28(16-40)31(29)35)30(32(36)34(26)44-4)33(43-3)20-6-18(14-38)8-22(10-20)42-2/h5-12H/b29-27+,33-30-. The van der Waals surface area contributed by atoms with Crippen molar-refractivity contribution in [2.45, 2.75) is 0 Å². The molecular formula is C34H8F2N8. The largest absolute Gasteiger partial charge is 0.238 e. The summed E-state index contributed by atoms with van der Waals surface area (Å²) in [4.78, 5) is 13.4. The average molecular weight is 566 g/mol. The van der Waals surface area contributed by atoms with Gasteiger partial charge in [0.1, 0.15) is 18.0 Å². The first-order valence-corrected chi connectivity index (χ1v) is 12.2. The highest BCUT2D eigenvalue weighted by atomic mass is 19.1. The van der Waals surface area contributed by atoms with E-state index >= 15 is 8.78 Å². The van der Waals surface area contributed by atoms with Crippen molar-refractivity contribution in [2.75, 3.05) is 0 Å². The van der Waals surface area contributed by atoms with Gasteiger partial charge in [-0.1, -0.05) is 18.2 Å². The van der Waals surface area contributed by atoms with Crippen LogP contribution in [0.5, 0.6) is 0 Å². The number of rotatable bonds is 2. The minimum Gasteiger partial charge on any atom is -0.238 e. The van der Waals surface area contributed by atoms with E-state index < -0.39 is 22.9 Å². The Bertz CT molecular complexity index is 2150. The molecule has 0 atom stereocenters. The Hall–Kier alpha value is -7.60. The van der Waals surface area contributed by atoms with Crippen LogP contribution in [0, 0.1) is 71.6 Å². The van der Waals surface area contributed by atoms with Gasteiger partial charge in [0.15, 0.2) is 17.2 Å². The van der Waals surface area contributed by atoms with Gasteiger partial charge in [-0.2, -0.15) is 21.0 Å². The summed E-state index contributed by atoms with van der Waals surface area (Å²) in [7, 11) is 0. The summed E-state index contributed by atoms with van der Waals surface area (Å²) in [5, 5.41) is 38.9. The number of benzene rings is 3. The summed E-state index contributed by atoms with van der Waals surface area (Å²) >= 11 is 0. The molecule has 0 saturated carbocycles. The summed E-state index contributed by atoms with van der Waals surface area (Å²) in [6.07, 6.45) is 0. The molecule has 0 amide bonds. The van der Waals surface area contributed by atoms with E-state index in [0.717, 1.165) is 0 Å². The topological polar surface area (TPSA) is 113 Å². The molecule has 0 N–H and O–H groups in total. The predicted molar refractivity (Wildman–Crippen MR) is 155 cm³/mol. The van der Waals surface area contributed by atoms with E-state index in [-0.39, 0.29) is 78.3 Å². The molecule has 2 aliphatic carbocycles. The molecule has 0 bridgehead atoms. The Morgan fingerprint density at radius 1 is 0.591 bits per heavy atom. The van der Waals surface area contributed by atoms with E-state index in [1.54, 1.807) is 6.07 Å². The molecule has 5 rings (SSSR count). The van der Waals surface area contributed by atoms with Gasteiger partial charge in [0.05, 0.1) is 49.6 Å². The quantitative estimate of drug-likeness (QED) is 0.228. The van der Waals surface area contributed by atoms with Crippen LogP contribution in [0.2, 0.25) is 0 Å². The van der Waals surface area contributed by atoms with E-state index in [1.165, 1.54) is 48.5 Å². The molecule has 0 aliphatic heterocycles. The van der Waals surface area contributed by atoms with E-state index in [2.05, 4.69) is 19.4 Å². The second-order valence-corrected chi connectivity index (χ2v) is 9.20. The van der Waals surface area contributed by atoms with Crippen LogP contribution in [-0.4, -0.2) is 0 Å². The van der Waals surface area contributed by atoms with Gasteiger partial charge in [-0.15, -0.1) is 0 Å². The maximum absolute atomic E-state index is 16.0. The summed E-state index contributed by atoms with van der Waals surface area (Å²) in [6.45, 7) is 30.2. The number of hydrogen-bond acceptors (Lipinski definition) is 4. The summed E-state index contributed by atoms with van der Waals surface area (Å²) in [6, 6.07) is 17.8. The van der Waals surface area contributed by atoms with E-state index in [4.69, 9.17) is 26.3 Å². The van der Waals surface area contributed by atoms with Gasteiger partial charge in [-0.25, -0.2) is 28.2 Å². The minimum atomic E-state index is -1.07. The highest BCUT2D eigenvalue weighted by molar-refractivity contribution is 6.17. The monoisotopic (exact) mass is 566 g/mol. The Kier molecular flexibility index (Phi) is 6.83. The Morgan fingerprint density at radius 3 is 1.68 bits per heavy atom. The summed E-state index contributed by atoms with van der Waals surface area (Å²) < 4.78 is 32.0. The number of allylic oxidation sites excluding steroid dienone is 6. The van der Waals surface area contributed by atoms with Crippen LogP contribution in [-0.2, 0) is 0 Å². The van der Waals surface area contributed by atoms with E-state index in [0.29, 0.717) is 0 Å². The number of halogens is 2. The molecule has 0 saturated heterocycles. The van der Waals surface area contributed by atoms with Crippen LogP contribution in [0.3, 0.4) is 0 Å². The van der Waals surface area contributed by atoms with Gasteiger partial charge in [0.2, 0.25) is 11.4 Å². The van der Waals surface area contributed by atoms with Gasteiger partial charge >= 0.3 is 0 Å². The molecule has 0 radical (unpaired) electrons. The fraction of sp³-hybridized carbons (Fsp3) is 0. The maximum Gasteiger partial charge on any atom is 0.229 e. The van der Waals surface area contributed by atoms with Crippen molar-refractivity contribution in [3.8, 4) is 24.3 Å². The van der Waals surface area contributed by atoms with Gasteiger partial charge in [0.25, 0.3) is 0 Å². The second-order valence-electron chi connectivity index (χ2n) is 9.20. The van der Waals surface area contributed by atoms with Gasteiger partial charge in [-0.3, -0.25) is 0 Å². The zero-order chi connectivity index (χ0) is 31.7. The zero-order valence-corrected chi connectivity index (χ0v) is 22.0. The third-order valence-electron chi connectivity index (χ3n) is 6.94. The molecule has 198 valence electrons. The molecule has 0 spiro atoms. The molecule has 0 heterocycles. The van der Waals surface area contributed by atoms with Crippen molar-refractivity contribution in [3.63, 3.8) is 0 Å². The molecular weight excluding hydrogens is 558 g/mol. The normalized spacial score (nSPS) is 14.8. The maximum atomic E-state index is 16.0. The molecule has 2 aliphatic rings. The van der Waals surface area contributed by atoms with Crippen molar-refractivity contribution in [3.05, 3.63) is 150 Å². The van der Waals surface area contributed by atoms with Crippen LogP contribution < -0.4 is 0 Å². The highest BCUT2D eigenvalue weighted by Crippen LogP contribution is 2.53. The van der Waals surface area contributed by atoms with E-state index in [9.17, 15) is 21.0 Å². The molecule has 10 heteroatoms. The fourth-order valence-corrected chi connectivity index (χ4v) is 5.12. The number of fused-ring (bicyclic) bond motifs is 2. The van der Waals surface area contributed by atoms with Gasteiger partial charge in [0, 0.05) is 27.8 Å². The Balaban J connectivity index is 1.88. The summed E-state index contributed by atoms with van der Waals surface area (Å²) in [5.41, 5.74) is -2.03. The molecule has 3 aromatic rings. The van der Waals surface area contributed by atoms with Crippen LogP contribution in [0.1, 0.15) is 44.5 Å². The lowest BCUT2D eigenvalue weighted by Crippen LogP contribution is -1.95. The van der Waals surface area contributed by atoms with Crippen molar-refractivity contribution in [2.24, 2.45) is 0 Å². The van der Waals surface area contributed by atoms with E-state index in [1.807, 2.05) is 18.2 Å². The minimum absolute atomic E-state index is 0.00223. The fourth-order valence-electron chi connectivity index (χ4n) is 5.12. The highest BCUT2D eigenvalue weighted by Gasteiger charge is 2.37. The lowest BCUT2D eigenvalue weighted by molar-refractivity contribution is 0.681. The SMILES string of the molecule is [C-]#[N+]C1=C(F)/C(=C(\[N+]#[C-])c2cc(C#N)cc([N+]#[C-])c2)c2cc3c(cc21)/C(=C(/C#N)c1cc(C#N)cc([N+]#[C-])c1)C(F)=C3C#N. The third-order valence-corrected chi connectivity index (χ3v) is 6.94. The first-order chi connectivity index (χ1) is 21.3. The van der Waals surface area contributed by atoms with Crippen molar-refractivity contribution in [1.29, 1.82) is 21.0 Å². The number of hydrogen-bond donors (Lipinski definition) is 0. The van der Waals surface area contributed by atoms with Gasteiger partial charge in [-0.05, 0) is 58.1 Å². The van der Waals surface area contributed by atoms with Gasteiger partial charge < -0.3 is 0 Å². The smallest absolute Gasteiger partial charge is 0.229 e. The number of nitriles is 4. The molecule has 0 fully saturated rings. The van der Waals surface area contributed by atoms with Crippen LogP contribution in [0.4, 0.5) is 20.2 Å². The molecule has 3 aromatic carbocycles. The van der Waals surface area contributed by atoms with Crippen molar-refractivity contribution >= 4 is 45.1 Å². The Morgan fingerprint density at radius 2 is 1.16 bits per heavy atom. The van der Waals surface area contributed by atoms with Crippen LogP contribution in [0.25, 0.3) is 53.1 Å². The Labute approximate surface area is 249 Å². The summed E-state index contributed by atoms with van der Waals surface area (Å²) in [5.74, 6) is -2.13. The molecule has 0 aromatic heterocycles. The predicted octanol–water partition coefficient (Wildman–Crippen LogP) is 8.54. The van der Waals surface area contributed by atoms with Crippen molar-refractivity contribution < 1.29 is 8.78 Å². The van der Waals surface area contributed by atoms with Crippen molar-refractivity contribution in [1.82, 2.24) is 0 Å². The lowest BCUT2D eigenvalue weighted by atomic mass is 9.91. The zero-order valence-electron chi connectivity index (χ0n) is 22.0. The molecule has 8 nitrogen and oxygen atoms in total. The third kappa shape index (κ3) is 4.13. The van der Waals surface area contributed by atoms with Crippen LogP contribution in [0.15, 0.2) is 60.2 Å². The molecule has 0 unspecified atom stereocenters. The number of nitrogens with zero attached hydrogens (tertiary/aromatic N) is 8. The average Bonchev–Trinajstić information content (AvgIpc) is 3.48. The van der Waals surface area contributed by atoms with Crippen LogP contribution >= 0.6 is 0 Å². The first-order valence-electron chi connectivity index (χ1n) is 12.2. The molecule has 44 heavy (non-hydrogen) atoms. The first kappa shape index (κ1) is 27.9. The second kappa shape index (κ2) is 10.8. The lowest BCUT2D eigenvalue weighted by Gasteiger charge is -2.12.